The molecule has 0 saturated heterocycles. The number of amides is 1. The van der Waals surface area contributed by atoms with Crippen molar-refractivity contribution in [1.82, 2.24) is 20.5 Å². The number of hydrogen-bond donors (Lipinski definition) is 3. The van der Waals surface area contributed by atoms with Gasteiger partial charge in [0.15, 0.2) is 5.82 Å². The monoisotopic (exact) mass is 394 g/mol. The van der Waals surface area contributed by atoms with Crippen molar-refractivity contribution in [2.45, 2.75) is 0 Å². The lowest BCUT2D eigenvalue weighted by atomic mass is 10.2. The molecule has 0 saturated carbocycles. The Morgan fingerprint density at radius 1 is 1.00 bits per heavy atom. The molecule has 0 fully saturated rings. The summed E-state index contributed by atoms with van der Waals surface area (Å²) in [6.07, 6.45) is 6.55. The van der Waals surface area contributed by atoms with E-state index in [1.54, 1.807) is 24.5 Å². The van der Waals surface area contributed by atoms with Crippen molar-refractivity contribution in [2.75, 3.05) is 23.7 Å². The first-order valence-electron chi connectivity index (χ1n) is 8.66. The number of halogens is 1. The summed E-state index contributed by atoms with van der Waals surface area (Å²) < 4.78 is 0. The molecule has 0 bridgehead atoms. The van der Waals surface area contributed by atoms with Gasteiger partial charge in [-0.25, -0.2) is 0 Å². The molecule has 8 heteroatoms. The van der Waals surface area contributed by atoms with Gasteiger partial charge in [-0.15, -0.1) is 10.2 Å². The summed E-state index contributed by atoms with van der Waals surface area (Å²) in [5.74, 6) is 1.05. The fourth-order valence-corrected chi connectivity index (χ4v) is 2.49. The van der Waals surface area contributed by atoms with E-state index in [1.807, 2.05) is 42.5 Å². The molecule has 2 aromatic heterocycles. The summed E-state index contributed by atoms with van der Waals surface area (Å²) in [6, 6.07) is 14.7. The number of nitrogens with one attached hydrogen (secondary N) is 3. The van der Waals surface area contributed by atoms with Crippen molar-refractivity contribution in [2.24, 2.45) is 0 Å². The number of benzene rings is 1. The Morgan fingerprint density at radius 2 is 1.82 bits per heavy atom. The minimum absolute atomic E-state index is 0.191. The van der Waals surface area contributed by atoms with Crippen molar-refractivity contribution in [3.63, 3.8) is 0 Å². The van der Waals surface area contributed by atoms with E-state index in [2.05, 4.69) is 31.1 Å². The van der Waals surface area contributed by atoms with Crippen LogP contribution in [0.5, 0.6) is 0 Å². The SMILES string of the molecule is O=C(/C=C/c1ccccc1Cl)NCCNc1ccc(Nc2cccnc2)nn1. The van der Waals surface area contributed by atoms with E-state index in [1.165, 1.54) is 6.08 Å². The molecule has 0 aliphatic rings. The normalized spacial score (nSPS) is 10.6. The number of rotatable bonds is 8. The first-order valence-corrected chi connectivity index (χ1v) is 9.03. The van der Waals surface area contributed by atoms with Gasteiger partial charge in [0.25, 0.3) is 0 Å². The second-order valence-electron chi connectivity index (χ2n) is 5.74. The van der Waals surface area contributed by atoms with Crippen LogP contribution in [-0.2, 0) is 4.79 Å². The average Bonchev–Trinajstić information content (AvgIpc) is 2.72. The van der Waals surface area contributed by atoms with Gasteiger partial charge in [-0.05, 0) is 42.0 Å². The molecule has 3 aromatic rings. The fraction of sp³-hybridized carbons (Fsp3) is 0.100. The first kappa shape index (κ1) is 19.3. The molecule has 1 aromatic carbocycles. The molecular weight excluding hydrogens is 376 g/mol. The number of anilines is 3. The van der Waals surface area contributed by atoms with Crippen LogP contribution < -0.4 is 16.0 Å². The van der Waals surface area contributed by atoms with Gasteiger partial charge in [-0.2, -0.15) is 0 Å². The Hall–Kier alpha value is -3.45. The van der Waals surface area contributed by atoms with Gasteiger partial charge in [0, 0.05) is 30.4 Å². The third-order valence-corrected chi connectivity index (χ3v) is 3.99. The Labute approximate surface area is 167 Å². The van der Waals surface area contributed by atoms with Crippen LogP contribution in [0.1, 0.15) is 5.56 Å². The molecule has 142 valence electrons. The summed E-state index contributed by atoms with van der Waals surface area (Å²) in [5, 5.41) is 17.8. The molecule has 0 aliphatic heterocycles. The quantitative estimate of drug-likeness (QED) is 0.400. The van der Waals surface area contributed by atoms with E-state index in [0.29, 0.717) is 29.7 Å². The molecule has 7 nitrogen and oxygen atoms in total. The molecule has 28 heavy (non-hydrogen) atoms. The first-order chi connectivity index (χ1) is 13.7. The van der Waals surface area contributed by atoms with Gasteiger partial charge >= 0.3 is 0 Å². The van der Waals surface area contributed by atoms with Crippen molar-refractivity contribution in [1.29, 1.82) is 0 Å². The van der Waals surface area contributed by atoms with Crippen LogP contribution in [-0.4, -0.2) is 34.2 Å². The Morgan fingerprint density at radius 3 is 2.57 bits per heavy atom. The van der Waals surface area contributed by atoms with E-state index in [4.69, 9.17) is 11.6 Å². The van der Waals surface area contributed by atoms with Gasteiger partial charge < -0.3 is 16.0 Å². The lowest BCUT2D eigenvalue weighted by molar-refractivity contribution is -0.116. The van der Waals surface area contributed by atoms with Crippen molar-refractivity contribution in [3.8, 4) is 0 Å². The molecule has 0 radical (unpaired) electrons. The Bertz CT molecular complexity index is 931. The van der Waals surface area contributed by atoms with Gasteiger partial charge in [0.1, 0.15) is 5.82 Å². The van der Waals surface area contributed by atoms with Gasteiger partial charge in [-0.3, -0.25) is 9.78 Å². The molecule has 0 atom stereocenters. The lowest BCUT2D eigenvalue weighted by Gasteiger charge is -2.07. The highest BCUT2D eigenvalue weighted by Crippen LogP contribution is 2.16. The van der Waals surface area contributed by atoms with Crippen LogP contribution in [0, 0.1) is 0 Å². The highest BCUT2D eigenvalue weighted by atomic mass is 35.5. The Kier molecular flexibility index (Phi) is 6.92. The highest BCUT2D eigenvalue weighted by molar-refractivity contribution is 6.32. The summed E-state index contributed by atoms with van der Waals surface area (Å²) in [7, 11) is 0. The number of carbonyl (C=O) groups is 1. The molecule has 2 heterocycles. The van der Waals surface area contributed by atoms with Crippen LogP contribution in [0.2, 0.25) is 5.02 Å². The third-order valence-electron chi connectivity index (χ3n) is 3.65. The molecular formula is C20H19ClN6O. The van der Waals surface area contributed by atoms with E-state index in [-0.39, 0.29) is 5.91 Å². The maximum Gasteiger partial charge on any atom is 0.244 e. The second kappa shape index (κ2) is 10.0. The average molecular weight is 395 g/mol. The zero-order valence-corrected chi connectivity index (χ0v) is 15.7. The van der Waals surface area contributed by atoms with Crippen LogP contribution in [0.3, 0.4) is 0 Å². The van der Waals surface area contributed by atoms with Crippen molar-refractivity contribution < 1.29 is 4.79 Å². The summed E-state index contributed by atoms with van der Waals surface area (Å²) >= 11 is 6.05. The number of nitrogens with zero attached hydrogens (tertiary/aromatic N) is 3. The smallest absolute Gasteiger partial charge is 0.244 e. The maximum absolute atomic E-state index is 11.8. The topological polar surface area (TPSA) is 91.8 Å². The molecule has 0 aliphatic carbocycles. The molecule has 0 spiro atoms. The third kappa shape index (κ3) is 6.07. The molecule has 1 amide bonds. The van der Waals surface area contributed by atoms with Gasteiger partial charge in [-0.1, -0.05) is 29.8 Å². The zero-order valence-electron chi connectivity index (χ0n) is 15.0. The summed E-state index contributed by atoms with van der Waals surface area (Å²) in [6.45, 7) is 0.971. The molecule has 3 rings (SSSR count). The predicted octanol–water partition coefficient (Wildman–Crippen LogP) is 3.51. The predicted molar refractivity (Wildman–Crippen MR) is 112 cm³/mol. The van der Waals surface area contributed by atoms with E-state index in [9.17, 15) is 4.79 Å². The van der Waals surface area contributed by atoms with Crippen molar-refractivity contribution in [3.05, 3.63) is 77.6 Å². The van der Waals surface area contributed by atoms with E-state index < -0.39 is 0 Å². The minimum Gasteiger partial charge on any atom is -0.367 e. The van der Waals surface area contributed by atoms with Crippen LogP contribution in [0.4, 0.5) is 17.3 Å². The Balaban J connectivity index is 1.39. The number of pyridine rings is 1. The van der Waals surface area contributed by atoms with Crippen LogP contribution in [0.15, 0.2) is 67.0 Å². The van der Waals surface area contributed by atoms with Gasteiger partial charge in [0.05, 0.1) is 11.9 Å². The van der Waals surface area contributed by atoms with E-state index in [0.717, 1.165) is 11.3 Å². The zero-order chi connectivity index (χ0) is 19.6. The van der Waals surface area contributed by atoms with Crippen LogP contribution >= 0.6 is 11.6 Å². The lowest BCUT2D eigenvalue weighted by Crippen LogP contribution is -2.27. The standard InChI is InChI=1S/C20H19ClN6O/c21-17-6-2-1-4-15(17)7-10-20(28)24-13-12-23-18-8-9-19(27-26-18)25-16-5-3-11-22-14-16/h1-11,14H,12-13H2,(H,23,26)(H,24,28)(H,25,27)/b10-7+. The second-order valence-corrected chi connectivity index (χ2v) is 6.15. The fourth-order valence-electron chi connectivity index (χ4n) is 2.29. The minimum atomic E-state index is -0.191. The molecule has 3 N–H and O–H groups in total. The largest absolute Gasteiger partial charge is 0.367 e. The maximum atomic E-state index is 11.8. The summed E-state index contributed by atoms with van der Waals surface area (Å²) in [4.78, 5) is 15.9. The van der Waals surface area contributed by atoms with E-state index >= 15 is 0 Å². The summed E-state index contributed by atoms with van der Waals surface area (Å²) in [5.41, 5.74) is 1.64. The number of hydrogen-bond acceptors (Lipinski definition) is 6. The van der Waals surface area contributed by atoms with Crippen LogP contribution in [0.25, 0.3) is 6.08 Å². The van der Waals surface area contributed by atoms with Crippen molar-refractivity contribution >= 4 is 40.9 Å². The highest BCUT2D eigenvalue weighted by Gasteiger charge is 2.00. The van der Waals surface area contributed by atoms with Gasteiger partial charge in [0.2, 0.25) is 5.91 Å². The number of carbonyl (C=O) groups excluding carboxylic acids is 1. The number of aromatic nitrogens is 3. The molecule has 0 unspecified atom stereocenters.